The van der Waals surface area contributed by atoms with Crippen molar-refractivity contribution in [3.63, 3.8) is 0 Å². The van der Waals surface area contributed by atoms with Gasteiger partial charge in [0, 0.05) is 38.8 Å². The van der Waals surface area contributed by atoms with E-state index in [2.05, 4.69) is 21.9 Å². The van der Waals surface area contributed by atoms with Gasteiger partial charge in [-0.2, -0.15) is 5.10 Å². The summed E-state index contributed by atoms with van der Waals surface area (Å²) in [6.45, 7) is 7.04. The lowest BCUT2D eigenvalue weighted by atomic mass is 10.2. The van der Waals surface area contributed by atoms with E-state index in [4.69, 9.17) is 5.73 Å². The number of hydrogen-bond donors (Lipinski definition) is 1. The molecule has 1 aromatic rings. The largest absolute Gasteiger partial charge is 0.355 e. The monoisotopic (exact) mass is 237 g/mol. The fourth-order valence-corrected chi connectivity index (χ4v) is 2.58. The molecule has 96 valence electrons. The number of aromatic nitrogens is 2. The van der Waals surface area contributed by atoms with E-state index in [0.717, 1.165) is 25.3 Å². The number of anilines is 1. The van der Waals surface area contributed by atoms with E-state index in [1.165, 1.54) is 24.3 Å². The summed E-state index contributed by atoms with van der Waals surface area (Å²) in [4.78, 5) is 4.80. The van der Waals surface area contributed by atoms with Crippen molar-refractivity contribution in [1.29, 1.82) is 0 Å². The summed E-state index contributed by atoms with van der Waals surface area (Å²) in [6, 6.07) is 0. The standard InChI is InChI=1S/C12H23N5/c1-10-11(9-13)12(16(3)14-10)17-6-4-5-15(2)7-8-17/h4-9,13H2,1-3H3. The Morgan fingerprint density at radius 2 is 1.94 bits per heavy atom. The zero-order chi connectivity index (χ0) is 12.4. The molecule has 0 atom stereocenters. The number of nitrogens with zero attached hydrogens (tertiary/aromatic N) is 4. The van der Waals surface area contributed by atoms with E-state index >= 15 is 0 Å². The van der Waals surface area contributed by atoms with Gasteiger partial charge < -0.3 is 15.5 Å². The molecule has 1 fully saturated rings. The van der Waals surface area contributed by atoms with E-state index in [9.17, 15) is 0 Å². The smallest absolute Gasteiger partial charge is 0.131 e. The summed E-state index contributed by atoms with van der Waals surface area (Å²) >= 11 is 0. The second-order valence-electron chi connectivity index (χ2n) is 4.86. The highest BCUT2D eigenvalue weighted by Crippen LogP contribution is 2.23. The Labute approximate surface area is 103 Å². The van der Waals surface area contributed by atoms with Gasteiger partial charge in [-0.25, -0.2) is 0 Å². The van der Waals surface area contributed by atoms with Crippen molar-refractivity contribution in [3.8, 4) is 0 Å². The minimum atomic E-state index is 0.571. The highest BCUT2D eigenvalue weighted by atomic mass is 15.4. The summed E-state index contributed by atoms with van der Waals surface area (Å²) in [5, 5.41) is 4.49. The maximum Gasteiger partial charge on any atom is 0.131 e. The summed E-state index contributed by atoms with van der Waals surface area (Å²) in [7, 11) is 4.19. The zero-order valence-electron chi connectivity index (χ0n) is 11.1. The van der Waals surface area contributed by atoms with Gasteiger partial charge in [-0.1, -0.05) is 0 Å². The average Bonchev–Trinajstić information content (AvgIpc) is 2.46. The average molecular weight is 237 g/mol. The summed E-state index contributed by atoms with van der Waals surface area (Å²) < 4.78 is 1.98. The van der Waals surface area contributed by atoms with Crippen molar-refractivity contribution < 1.29 is 0 Å². The highest BCUT2D eigenvalue weighted by molar-refractivity contribution is 5.50. The lowest BCUT2D eigenvalue weighted by Gasteiger charge is -2.24. The van der Waals surface area contributed by atoms with Gasteiger partial charge in [-0.05, 0) is 26.9 Å². The lowest BCUT2D eigenvalue weighted by molar-refractivity contribution is 0.360. The van der Waals surface area contributed by atoms with Crippen molar-refractivity contribution in [1.82, 2.24) is 14.7 Å². The number of hydrogen-bond acceptors (Lipinski definition) is 4. The maximum atomic E-state index is 5.85. The minimum absolute atomic E-state index is 0.571. The van der Waals surface area contributed by atoms with Crippen LogP contribution in [0, 0.1) is 6.92 Å². The van der Waals surface area contributed by atoms with Crippen molar-refractivity contribution in [3.05, 3.63) is 11.3 Å². The Morgan fingerprint density at radius 1 is 1.18 bits per heavy atom. The molecule has 0 bridgehead atoms. The van der Waals surface area contributed by atoms with E-state index in [1.807, 2.05) is 18.7 Å². The van der Waals surface area contributed by atoms with Gasteiger partial charge in [0.05, 0.1) is 5.69 Å². The topological polar surface area (TPSA) is 50.3 Å². The van der Waals surface area contributed by atoms with Crippen LogP contribution in [-0.4, -0.2) is 47.9 Å². The van der Waals surface area contributed by atoms with Gasteiger partial charge in [0.1, 0.15) is 5.82 Å². The van der Waals surface area contributed by atoms with Crippen LogP contribution in [0.2, 0.25) is 0 Å². The highest BCUT2D eigenvalue weighted by Gasteiger charge is 2.20. The van der Waals surface area contributed by atoms with Gasteiger partial charge in [0.25, 0.3) is 0 Å². The molecule has 0 radical (unpaired) electrons. The van der Waals surface area contributed by atoms with Crippen LogP contribution in [0.3, 0.4) is 0 Å². The van der Waals surface area contributed by atoms with Gasteiger partial charge in [-0.3, -0.25) is 4.68 Å². The first-order valence-electron chi connectivity index (χ1n) is 6.29. The van der Waals surface area contributed by atoms with Gasteiger partial charge >= 0.3 is 0 Å². The van der Waals surface area contributed by atoms with E-state index < -0.39 is 0 Å². The number of rotatable bonds is 2. The van der Waals surface area contributed by atoms with Gasteiger partial charge in [-0.15, -0.1) is 0 Å². The Bertz CT molecular complexity index is 384. The molecule has 2 heterocycles. The quantitative estimate of drug-likeness (QED) is 0.805. The summed E-state index contributed by atoms with van der Waals surface area (Å²) in [5.41, 5.74) is 8.10. The predicted octanol–water partition coefficient (Wildman–Crippen LogP) is 0.329. The maximum absolute atomic E-state index is 5.85. The molecule has 0 saturated carbocycles. The fourth-order valence-electron chi connectivity index (χ4n) is 2.58. The first-order valence-corrected chi connectivity index (χ1v) is 6.29. The van der Waals surface area contributed by atoms with Crippen molar-refractivity contribution in [2.24, 2.45) is 12.8 Å². The van der Waals surface area contributed by atoms with Crippen LogP contribution in [0.15, 0.2) is 0 Å². The first-order chi connectivity index (χ1) is 8.13. The molecule has 2 N–H and O–H groups in total. The Morgan fingerprint density at radius 3 is 2.65 bits per heavy atom. The first kappa shape index (κ1) is 12.4. The van der Waals surface area contributed by atoms with Crippen molar-refractivity contribution in [2.75, 3.05) is 38.1 Å². The molecule has 2 rings (SSSR count). The second kappa shape index (κ2) is 5.06. The van der Waals surface area contributed by atoms with Crippen LogP contribution in [0.25, 0.3) is 0 Å². The Hall–Kier alpha value is -1.07. The minimum Gasteiger partial charge on any atom is -0.355 e. The normalized spacial score (nSPS) is 18.5. The van der Waals surface area contributed by atoms with Crippen LogP contribution in [-0.2, 0) is 13.6 Å². The second-order valence-corrected chi connectivity index (χ2v) is 4.86. The Balaban J connectivity index is 2.26. The molecule has 1 aliphatic rings. The third kappa shape index (κ3) is 2.45. The van der Waals surface area contributed by atoms with Crippen LogP contribution in [0.4, 0.5) is 5.82 Å². The molecule has 0 spiro atoms. The zero-order valence-corrected chi connectivity index (χ0v) is 11.1. The summed E-state index contributed by atoms with van der Waals surface area (Å²) in [6.07, 6.45) is 1.20. The number of likely N-dealkylation sites (N-methyl/N-ethyl adjacent to an activating group) is 1. The van der Waals surface area contributed by atoms with Crippen LogP contribution >= 0.6 is 0 Å². The van der Waals surface area contributed by atoms with Gasteiger partial charge in [0.15, 0.2) is 0 Å². The molecule has 0 aromatic carbocycles. The van der Waals surface area contributed by atoms with E-state index in [-0.39, 0.29) is 0 Å². The fraction of sp³-hybridized carbons (Fsp3) is 0.750. The number of aryl methyl sites for hydroxylation is 2. The number of nitrogens with two attached hydrogens (primary N) is 1. The molecule has 17 heavy (non-hydrogen) atoms. The van der Waals surface area contributed by atoms with Crippen molar-refractivity contribution >= 4 is 5.82 Å². The third-order valence-electron chi connectivity index (χ3n) is 3.54. The predicted molar refractivity (Wildman–Crippen MR) is 70.2 cm³/mol. The lowest BCUT2D eigenvalue weighted by Crippen LogP contribution is -2.31. The molecule has 1 aliphatic heterocycles. The van der Waals surface area contributed by atoms with E-state index in [1.54, 1.807) is 0 Å². The van der Waals surface area contributed by atoms with Crippen LogP contribution in [0.1, 0.15) is 17.7 Å². The molecular weight excluding hydrogens is 214 g/mol. The third-order valence-corrected chi connectivity index (χ3v) is 3.54. The van der Waals surface area contributed by atoms with Crippen molar-refractivity contribution in [2.45, 2.75) is 19.9 Å². The van der Waals surface area contributed by atoms with E-state index in [0.29, 0.717) is 6.54 Å². The molecule has 0 aliphatic carbocycles. The molecule has 5 heteroatoms. The molecule has 5 nitrogen and oxygen atoms in total. The molecule has 0 unspecified atom stereocenters. The Kier molecular flexibility index (Phi) is 3.69. The molecule has 1 aromatic heterocycles. The molecule has 1 saturated heterocycles. The summed E-state index contributed by atoms with van der Waals surface area (Å²) in [5.74, 6) is 1.21. The molecular formula is C12H23N5. The SMILES string of the molecule is Cc1nn(C)c(N2CCCN(C)CC2)c1CN. The molecule has 0 amide bonds. The van der Waals surface area contributed by atoms with Crippen LogP contribution in [0.5, 0.6) is 0 Å². The van der Waals surface area contributed by atoms with Crippen LogP contribution < -0.4 is 10.6 Å². The van der Waals surface area contributed by atoms with Gasteiger partial charge in [0.2, 0.25) is 0 Å².